The first-order valence-electron chi connectivity index (χ1n) is 5.08. The van der Waals surface area contributed by atoms with E-state index >= 15 is 0 Å². The largest absolute Gasteiger partial charge is 0.370 e. The maximum atomic E-state index is 5.97. The third-order valence-corrected chi connectivity index (χ3v) is 4.08. The van der Waals surface area contributed by atoms with Crippen molar-refractivity contribution in [2.45, 2.75) is 12.5 Å². The standard InChI is InChI=1S/C11H14BrClN2/c1-14-8-4-5-15(7-8)9-2-3-11(13)10(12)6-9/h2-3,6,8,14H,4-5,7H2,1H3. The Hall–Kier alpha value is -0.250. The van der Waals surface area contributed by atoms with Gasteiger partial charge in [0, 0.05) is 29.3 Å². The van der Waals surface area contributed by atoms with Crippen molar-refractivity contribution in [2.24, 2.45) is 0 Å². The molecule has 0 saturated carbocycles. The number of halogens is 2. The zero-order valence-corrected chi connectivity index (χ0v) is 11.0. The minimum Gasteiger partial charge on any atom is -0.370 e. The number of hydrogen-bond acceptors (Lipinski definition) is 2. The minimum atomic E-state index is 0.611. The lowest BCUT2D eigenvalue weighted by atomic mass is 10.3. The summed E-state index contributed by atoms with van der Waals surface area (Å²) in [5, 5.41) is 4.08. The third-order valence-electron chi connectivity index (χ3n) is 2.86. The maximum Gasteiger partial charge on any atom is 0.0549 e. The zero-order valence-electron chi connectivity index (χ0n) is 8.63. The smallest absolute Gasteiger partial charge is 0.0549 e. The number of anilines is 1. The van der Waals surface area contributed by atoms with Gasteiger partial charge in [0.1, 0.15) is 0 Å². The molecule has 1 heterocycles. The number of rotatable bonds is 2. The Morgan fingerprint density at radius 2 is 2.33 bits per heavy atom. The lowest BCUT2D eigenvalue weighted by Crippen LogP contribution is -2.29. The molecule has 1 N–H and O–H groups in total. The van der Waals surface area contributed by atoms with E-state index in [4.69, 9.17) is 11.6 Å². The van der Waals surface area contributed by atoms with Crippen LogP contribution in [0, 0.1) is 0 Å². The Morgan fingerprint density at radius 3 is 2.93 bits per heavy atom. The van der Waals surface area contributed by atoms with Gasteiger partial charge in [-0.3, -0.25) is 0 Å². The van der Waals surface area contributed by atoms with E-state index < -0.39 is 0 Å². The number of nitrogens with zero attached hydrogens (tertiary/aromatic N) is 1. The van der Waals surface area contributed by atoms with Crippen molar-refractivity contribution in [3.05, 3.63) is 27.7 Å². The van der Waals surface area contributed by atoms with Gasteiger partial charge in [0.2, 0.25) is 0 Å². The van der Waals surface area contributed by atoms with Gasteiger partial charge >= 0.3 is 0 Å². The highest BCUT2D eigenvalue weighted by molar-refractivity contribution is 9.10. The van der Waals surface area contributed by atoms with Gasteiger partial charge in [0.15, 0.2) is 0 Å². The van der Waals surface area contributed by atoms with Gasteiger partial charge in [0.25, 0.3) is 0 Å². The monoisotopic (exact) mass is 288 g/mol. The molecule has 0 radical (unpaired) electrons. The highest BCUT2D eigenvalue weighted by Gasteiger charge is 2.21. The zero-order chi connectivity index (χ0) is 10.8. The second kappa shape index (κ2) is 4.73. The number of nitrogens with one attached hydrogen (secondary N) is 1. The summed E-state index contributed by atoms with van der Waals surface area (Å²) in [6, 6.07) is 6.71. The minimum absolute atomic E-state index is 0.611. The van der Waals surface area contributed by atoms with Gasteiger partial charge in [-0.25, -0.2) is 0 Å². The molecule has 0 bridgehead atoms. The van der Waals surface area contributed by atoms with Gasteiger partial charge in [0.05, 0.1) is 5.02 Å². The molecule has 82 valence electrons. The Kier molecular flexibility index (Phi) is 3.54. The summed E-state index contributed by atoms with van der Waals surface area (Å²) >= 11 is 9.42. The molecule has 15 heavy (non-hydrogen) atoms. The van der Waals surface area contributed by atoms with Crippen LogP contribution in [0.4, 0.5) is 5.69 Å². The SMILES string of the molecule is CNC1CCN(c2ccc(Cl)c(Br)c2)C1. The van der Waals surface area contributed by atoms with Crippen LogP contribution in [0.1, 0.15) is 6.42 Å². The van der Waals surface area contributed by atoms with E-state index in [-0.39, 0.29) is 0 Å². The predicted octanol–water partition coefficient (Wildman–Crippen LogP) is 2.90. The van der Waals surface area contributed by atoms with Crippen molar-refractivity contribution in [3.8, 4) is 0 Å². The van der Waals surface area contributed by atoms with Crippen molar-refractivity contribution < 1.29 is 0 Å². The molecule has 4 heteroatoms. The quantitative estimate of drug-likeness (QED) is 0.900. The molecule has 1 atom stereocenters. The van der Waals surface area contributed by atoms with Crippen LogP contribution in [0.25, 0.3) is 0 Å². The van der Waals surface area contributed by atoms with Crippen molar-refractivity contribution in [2.75, 3.05) is 25.0 Å². The van der Waals surface area contributed by atoms with E-state index in [1.54, 1.807) is 0 Å². The second-order valence-corrected chi connectivity index (χ2v) is 5.08. The molecule has 1 aromatic rings. The molecular weight excluding hydrogens is 275 g/mol. The van der Waals surface area contributed by atoms with Crippen LogP contribution in [0.2, 0.25) is 5.02 Å². The van der Waals surface area contributed by atoms with E-state index in [1.165, 1.54) is 12.1 Å². The van der Waals surface area contributed by atoms with E-state index in [2.05, 4.69) is 38.3 Å². The fourth-order valence-electron chi connectivity index (χ4n) is 1.91. The Bertz CT molecular complexity index is 356. The summed E-state index contributed by atoms with van der Waals surface area (Å²) in [5.74, 6) is 0. The highest BCUT2D eigenvalue weighted by Crippen LogP contribution is 2.29. The van der Waals surface area contributed by atoms with Gasteiger partial charge < -0.3 is 10.2 Å². The molecule has 1 fully saturated rings. The predicted molar refractivity (Wildman–Crippen MR) is 68.8 cm³/mol. The second-order valence-electron chi connectivity index (χ2n) is 3.82. The molecule has 1 unspecified atom stereocenters. The van der Waals surface area contributed by atoms with Crippen molar-refractivity contribution >= 4 is 33.2 Å². The van der Waals surface area contributed by atoms with Gasteiger partial charge in [-0.15, -0.1) is 0 Å². The number of hydrogen-bond donors (Lipinski definition) is 1. The van der Waals surface area contributed by atoms with Crippen molar-refractivity contribution in [1.29, 1.82) is 0 Å². The molecule has 0 aromatic heterocycles. The fraction of sp³-hybridized carbons (Fsp3) is 0.455. The first-order chi connectivity index (χ1) is 7.20. The molecule has 2 rings (SSSR count). The maximum absolute atomic E-state index is 5.97. The van der Waals surface area contributed by atoms with Gasteiger partial charge in [-0.05, 0) is 47.6 Å². The molecular formula is C11H14BrClN2. The van der Waals surface area contributed by atoms with Crippen LogP contribution in [-0.2, 0) is 0 Å². The van der Waals surface area contributed by atoms with E-state index in [0.29, 0.717) is 6.04 Å². The Morgan fingerprint density at radius 1 is 1.53 bits per heavy atom. The van der Waals surface area contributed by atoms with Crippen LogP contribution < -0.4 is 10.2 Å². The summed E-state index contributed by atoms with van der Waals surface area (Å²) < 4.78 is 0.967. The van der Waals surface area contributed by atoms with Crippen molar-refractivity contribution in [3.63, 3.8) is 0 Å². The molecule has 1 aliphatic heterocycles. The third kappa shape index (κ3) is 2.47. The lowest BCUT2D eigenvalue weighted by Gasteiger charge is -2.19. The van der Waals surface area contributed by atoms with Crippen LogP contribution in [0.3, 0.4) is 0 Å². The molecule has 0 spiro atoms. The van der Waals surface area contributed by atoms with Crippen molar-refractivity contribution in [1.82, 2.24) is 5.32 Å². The molecule has 1 saturated heterocycles. The van der Waals surface area contributed by atoms with Crippen LogP contribution in [0.15, 0.2) is 22.7 Å². The molecule has 1 aliphatic rings. The molecule has 1 aromatic carbocycles. The van der Waals surface area contributed by atoms with Crippen LogP contribution in [0.5, 0.6) is 0 Å². The summed E-state index contributed by atoms with van der Waals surface area (Å²) in [6.45, 7) is 2.18. The van der Waals surface area contributed by atoms with Gasteiger partial charge in [-0.1, -0.05) is 11.6 Å². The topological polar surface area (TPSA) is 15.3 Å². The summed E-state index contributed by atoms with van der Waals surface area (Å²) in [6.07, 6.45) is 1.21. The average Bonchev–Trinajstić information content (AvgIpc) is 2.70. The normalized spacial score (nSPS) is 21.0. The fourth-order valence-corrected chi connectivity index (χ4v) is 2.40. The van der Waals surface area contributed by atoms with Gasteiger partial charge in [-0.2, -0.15) is 0 Å². The van der Waals surface area contributed by atoms with E-state index in [9.17, 15) is 0 Å². The first kappa shape index (κ1) is 11.2. The average molecular weight is 290 g/mol. The highest BCUT2D eigenvalue weighted by atomic mass is 79.9. The number of likely N-dealkylation sites (N-methyl/N-ethyl adjacent to an activating group) is 1. The summed E-state index contributed by atoms with van der Waals surface area (Å²) in [4.78, 5) is 2.38. The summed E-state index contributed by atoms with van der Waals surface area (Å²) in [7, 11) is 2.02. The molecule has 0 aliphatic carbocycles. The Labute approximate surface area is 104 Å². The number of benzene rings is 1. The molecule has 2 nitrogen and oxygen atoms in total. The van der Waals surface area contributed by atoms with Crippen LogP contribution >= 0.6 is 27.5 Å². The lowest BCUT2D eigenvalue weighted by molar-refractivity contribution is 0.617. The van der Waals surface area contributed by atoms with E-state index in [1.807, 2.05) is 13.1 Å². The molecule has 0 amide bonds. The Balaban J connectivity index is 2.13. The van der Waals surface area contributed by atoms with E-state index in [0.717, 1.165) is 22.6 Å². The summed E-state index contributed by atoms with van der Waals surface area (Å²) in [5.41, 5.74) is 1.24. The first-order valence-corrected chi connectivity index (χ1v) is 6.25. The van der Waals surface area contributed by atoms with Crippen LogP contribution in [-0.4, -0.2) is 26.2 Å².